The molecule has 3 heterocycles. The minimum Gasteiger partial charge on any atom is -0.357 e. The number of aromatic nitrogens is 3. The third-order valence-electron chi connectivity index (χ3n) is 3.13. The molecule has 1 aliphatic rings. The zero-order valence-electron chi connectivity index (χ0n) is 9.35. The summed E-state index contributed by atoms with van der Waals surface area (Å²) in [5.74, 6) is 1.03. The second kappa shape index (κ2) is 3.75. The van der Waals surface area contributed by atoms with E-state index >= 15 is 0 Å². The Balaban J connectivity index is 1.96. The van der Waals surface area contributed by atoms with Crippen LogP contribution < -0.4 is 4.90 Å². The van der Waals surface area contributed by atoms with Crippen LogP contribution in [0, 0.1) is 0 Å². The SMILES string of the molecule is CN1CCN(c2ncnc3cc[nH]c23)CC1. The van der Waals surface area contributed by atoms with E-state index in [-0.39, 0.29) is 0 Å². The molecule has 0 saturated carbocycles. The number of hydrogen-bond donors (Lipinski definition) is 1. The highest BCUT2D eigenvalue weighted by Gasteiger charge is 2.17. The second-order valence-corrected chi connectivity index (χ2v) is 4.23. The fourth-order valence-corrected chi connectivity index (χ4v) is 2.12. The molecule has 5 nitrogen and oxygen atoms in total. The van der Waals surface area contributed by atoms with Crippen molar-refractivity contribution in [2.45, 2.75) is 0 Å². The minimum absolute atomic E-state index is 0.990. The molecule has 2 aromatic rings. The Hall–Kier alpha value is -1.62. The van der Waals surface area contributed by atoms with Crippen LogP contribution in [0.15, 0.2) is 18.6 Å². The first-order valence-electron chi connectivity index (χ1n) is 5.56. The number of piperazine rings is 1. The number of nitrogens with one attached hydrogen (secondary N) is 1. The highest BCUT2D eigenvalue weighted by atomic mass is 15.3. The van der Waals surface area contributed by atoms with Gasteiger partial charge in [-0.1, -0.05) is 0 Å². The third-order valence-corrected chi connectivity index (χ3v) is 3.13. The summed E-state index contributed by atoms with van der Waals surface area (Å²) in [5.41, 5.74) is 2.04. The molecule has 0 aliphatic carbocycles. The molecule has 84 valence electrons. The van der Waals surface area contributed by atoms with Crippen molar-refractivity contribution in [3.63, 3.8) is 0 Å². The summed E-state index contributed by atoms with van der Waals surface area (Å²) < 4.78 is 0. The summed E-state index contributed by atoms with van der Waals surface area (Å²) >= 11 is 0. The Morgan fingerprint density at radius 1 is 1.19 bits per heavy atom. The van der Waals surface area contributed by atoms with E-state index in [1.165, 1.54) is 0 Å². The van der Waals surface area contributed by atoms with Crippen molar-refractivity contribution in [3.8, 4) is 0 Å². The molecule has 3 rings (SSSR count). The molecule has 1 N–H and O–H groups in total. The molecular weight excluding hydrogens is 202 g/mol. The molecule has 0 aromatic carbocycles. The van der Waals surface area contributed by atoms with Crippen LogP contribution in [0.4, 0.5) is 5.82 Å². The molecule has 5 heteroatoms. The first kappa shape index (κ1) is 9.59. The van der Waals surface area contributed by atoms with Crippen molar-refractivity contribution in [2.24, 2.45) is 0 Å². The van der Waals surface area contributed by atoms with E-state index in [1.54, 1.807) is 6.33 Å². The summed E-state index contributed by atoms with van der Waals surface area (Å²) in [6.45, 7) is 4.24. The van der Waals surface area contributed by atoms with Gasteiger partial charge >= 0.3 is 0 Å². The molecule has 0 atom stereocenters. The predicted molar refractivity (Wildman–Crippen MR) is 63.6 cm³/mol. The van der Waals surface area contributed by atoms with Crippen LogP contribution in [-0.2, 0) is 0 Å². The number of aromatic amines is 1. The van der Waals surface area contributed by atoms with E-state index in [1.807, 2.05) is 12.3 Å². The zero-order chi connectivity index (χ0) is 11.0. The fourth-order valence-electron chi connectivity index (χ4n) is 2.12. The lowest BCUT2D eigenvalue weighted by atomic mass is 10.3. The Bertz CT molecular complexity index is 484. The van der Waals surface area contributed by atoms with E-state index in [2.05, 4.69) is 31.8 Å². The standard InChI is InChI=1S/C11H15N5/c1-15-4-6-16(7-5-15)11-10-9(2-3-12-10)13-8-14-11/h2-3,8,12H,4-7H2,1H3. The Kier molecular flexibility index (Phi) is 2.25. The summed E-state index contributed by atoms with van der Waals surface area (Å²) in [4.78, 5) is 16.5. The molecular formula is C11H15N5. The van der Waals surface area contributed by atoms with Crippen molar-refractivity contribution < 1.29 is 0 Å². The number of nitrogens with zero attached hydrogens (tertiary/aromatic N) is 4. The first-order valence-corrected chi connectivity index (χ1v) is 5.56. The van der Waals surface area contributed by atoms with Crippen molar-refractivity contribution >= 4 is 16.9 Å². The number of anilines is 1. The van der Waals surface area contributed by atoms with Crippen LogP contribution in [0.2, 0.25) is 0 Å². The maximum Gasteiger partial charge on any atom is 0.156 e. The van der Waals surface area contributed by atoms with Crippen molar-refractivity contribution in [3.05, 3.63) is 18.6 Å². The number of rotatable bonds is 1. The molecule has 0 radical (unpaired) electrons. The normalized spacial score (nSPS) is 18.2. The summed E-state index contributed by atoms with van der Waals surface area (Å²) in [6, 6.07) is 1.98. The minimum atomic E-state index is 0.990. The van der Waals surface area contributed by atoms with Gasteiger partial charge in [0.25, 0.3) is 0 Å². The van der Waals surface area contributed by atoms with E-state index in [4.69, 9.17) is 0 Å². The summed E-state index contributed by atoms with van der Waals surface area (Å²) in [7, 11) is 2.15. The second-order valence-electron chi connectivity index (χ2n) is 4.23. The van der Waals surface area contributed by atoms with Gasteiger partial charge < -0.3 is 14.8 Å². The van der Waals surface area contributed by atoms with E-state index in [0.29, 0.717) is 0 Å². The van der Waals surface area contributed by atoms with Crippen LogP contribution in [-0.4, -0.2) is 53.1 Å². The van der Waals surface area contributed by atoms with Gasteiger partial charge in [0.1, 0.15) is 11.8 Å². The Labute approximate surface area is 94.1 Å². The van der Waals surface area contributed by atoms with E-state index < -0.39 is 0 Å². The lowest BCUT2D eigenvalue weighted by Gasteiger charge is -2.33. The van der Waals surface area contributed by atoms with Gasteiger partial charge in [0.05, 0.1) is 5.52 Å². The monoisotopic (exact) mass is 217 g/mol. The van der Waals surface area contributed by atoms with Gasteiger partial charge in [0.15, 0.2) is 5.82 Å². The van der Waals surface area contributed by atoms with Gasteiger partial charge in [0, 0.05) is 32.4 Å². The molecule has 1 aliphatic heterocycles. The topological polar surface area (TPSA) is 48.1 Å². The van der Waals surface area contributed by atoms with Gasteiger partial charge in [0.2, 0.25) is 0 Å². The average molecular weight is 217 g/mol. The van der Waals surface area contributed by atoms with Crippen LogP contribution in [0.3, 0.4) is 0 Å². The van der Waals surface area contributed by atoms with E-state index in [0.717, 1.165) is 43.0 Å². The van der Waals surface area contributed by atoms with Crippen LogP contribution in [0.5, 0.6) is 0 Å². The van der Waals surface area contributed by atoms with Crippen molar-refractivity contribution in [2.75, 3.05) is 38.1 Å². The van der Waals surface area contributed by atoms with Gasteiger partial charge in [-0.2, -0.15) is 0 Å². The van der Waals surface area contributed by atoms with Gasteiger partial charge in [-0.25, -0.2) is 9.97 Å². The molecule has 16 heavy (non-hydrogen) atoms. The van der Waals surface area contributed by atoms with Crippen LogP contribution in [0.25, 0.3) is 11.0 Å². The summed E-state index contributed by atoms with van der Waals surface area (Å²) in [6.07, 6.45) is 3.56. The largest absolute Gasteiger partial charge is 0.357 e. The van der Waals surface area contributed by atoms with E-state index in [9.17, 15) is 0 Å². The number of H-pyrrole nitrogens is 1. The first-order chi connectivity index (χ1) is 7.84. The maximum absolute atomic E-state index is 4.39. The third kappa shape index (κ3) is 1.53. The zero-order valence-corrected chi connectivity index (χ0v) is 9.35. The molecule has 0 bridgehead atoms. The average Bonchev–Trinajstić information content (AvgIpc) is 2.78. The molecule has 1 saturated heterocycles. The van der Waals surface area contributed by atoms with Gasteiger partial charge in [-0.05, 0) is 13.1 Å². The molecule has 2 aromatic heterocycles. The highest BCUT2D eigenvalue weighted by molar-refractivity contribution is 5.85. The smallest absolute Gasteiger partial charge is 0.156 e. The summed E-state index contributed by atoms with van der Waals surface area (Å²) in [5, 5.41) is 0. The molecule has 0 unspecified atom stereocenters. The molecule has 1 fully saturated rings. The van der Waals surface area contributed by atoms with Crippen LogP contribution >= 0.6 is 0 Å². The number of fused-ring (bicyclic) bond motifs is 1. The van der Waals surface area contributed by atoms with Gasteiger partial charge in [-0.3, -0.25) is 0 Å². The Morgan fingerprint density at radius 2 is 2.00 bits per heavy atom. The number of hydrogen-bond acceptors (Lipinski definition) is 4. The molecule has 0 amide bonds. The fraction of sp³-hybridized carbons (Fsp3) is 0.455. The van der Waals surface area contributed by atoms with Crippen molar-refractivity contribution in [1.29, 1.82) is 0 Å². The quantitative estimate of drug-likeness (QED) is 0.764. The highest BCUT2D eigenvalue weighted by Crippen LogP contribution is 2.21. The van der Waals surface area contributed by atoms with Gasteiger partial charge in [-0.15, -0.1) is 0 Å². The maximum atomic E-state index is 4.39. The lowest BCUT2D eigenvalue weighted by molar-refractivity contribution is 0.312. The van der Waals surface area contributed by atoms with Crippen LogP contribution in [0.1, 0.15) is 0 Å². The lowest BCUT2D eigenvalue weighted by Crippen LogP contribution is -2.44. The molecule has 0 spiro atoms. The number of likely N-dealkylation sites (N-methyl/N-ethyl adjacent to an activating group) is 1. The van der Waals surface area contributed by atoms with Crippen molar-refractivity contribution in [1.82, 2.24) is 19.9 Å². The Morgan fingerprint density at radius 3 is 2.81 bits per heavy atom. The predicted octanol–water partition coefficient (Wildman–Crippen LogP) is 0.710.